The van der Waals surface area contributed by atoms with Crippen LogP contribution in [0.1, 0.15) is 19.8 Å². The number of hydrogen-bond donors (Lipinski definition) is 2. The molecule has 1 aliphatic heterocycles. The van der Waals surface area contributed by atoms with E-state index in [2.05, 4.69) is 17.2 Å². The SMILES string of the molecule is C=C(C)C(=O)NCC(=O)NCCOC1C2CC3C1OS(=O)(=O)C3C2. The van der Waals surface area contributed by atoms with Crippen molar-refractivity contribution in [3.8, 4) is 0 Å². The largest absolute Gasteiger partial charge is 0.373 e. The molecular formula is C15H22N2O6S. The molecule has 3 aliphatic rings. The predicted octanol–water partition coefficient (Wildman–Crippen LogP) is -0.683. The molecule has 2 bridgehead atoms. The van der Waals surface area contributed by atoms with Gasteiger partial charge >= 0.3 is 0 Å². The van der Waals surface area contributed by atoms with Crippen molar-refractivity contribution in [1.29, 1.82) is 0 Å². The summed E-state index contributed by atoms with van der Waals surface area (Å²) in [5, 5.41) is 4.72. The maximum absolute atomic E-state index is 11.8. The van der Waals surface area contributed by atoms with E-state index in [1.807, 2.05) is 0 Å². The smallest absolute Gasteiger partial charge is 0.270 e. The quantitative estimate of drug-likeness (QED) is 0.354. The fraction of sp³-hybridized carbons (Fsp3) is 0.733. The Kier molecular flexibility index (Phi) is 4.67. The highest BCUT2D eigenvalue weighted by atomic mass is 32.2. The zero-order valence-electron chi connectivity index (χ0n) is 13.5. The molecule has 0 radical (unpaired) electrons. The number of carbonyl (C=O) groups is 2. The monoisotopic (exact) mass is 358 g/mol. The minimum Gasteiger partial charge on any atom is -0.373 e. The molecule has 3 rings (SSSR count). The van der Waals surface area contributed by atoms with Crippen molar-refractivity contribution in [3.63, 3.8) is 0 Å². The van der Waals surface area contributed by atoms with Gasteiger partial charge in [0, 0.05) is 18.0 Å². The van der Waals surface area contributed by atoms with E-state index >= 15 is 0 Å². The number of hydrogen-bond acceptors (Lipinski definition) is 6. The Bertz CT molecular complexity index is 661. The van der Waals surface area contributed by atoms with Crippen LogP contribution in [0.4, 0.5) is 0 Å². The second-order valence-electron chi connectivity index (χ2n) is 6.64. The molecule has 2 N–H and O–H groups in total. The van der Waals surface area contributed by atoms with Gasteiger partial charge in [-0.05, 0) is 25.7 Å². The maximum atomic E-state index is 11.8. The van der Waals surface area contributed by atoms with Crippen molar-refractivity contribution in [2.24, 2.45) is 11.8 Å². The van der Waals surface area contributed by atoms with Gasteiger partial charge in [0.15, 0.2) is 0 Å². The normalized spacial score (nSPS) is 35.0. The van der Waals surface area contributed by atoms with Crippen molar-refractivity contribution >= 4 is 21.9 Å². The number of fused-ring (bicyclic) bond motifs is 1. The average Bonchev–Trinajstić information content (AvgIpc) is 3.12. The minimum absolute atomic E-state index is 0.0527. The predicted molar refractivity (Wildman–Crippen MR) is 84.4 cm³/mol. The Morgan fingerprint density at radius 1 is 1.29 bits per heavy atom. The number of nitrogens with one attached hydrogen (secondary N) is 2. The van der Waals surface area contributed by atoms with Gasteiger partial charge in [-0.25, -0.2) is 0 Å². The second kappa shape index (κ2) is 6.45. The molecule has 2 aliphatic carbocycles. The van der Waals surface area contributed by atoms with Crippen LogP contribution in [-0.4, -0.2) is 57.4 Å². The molecule has 0 aromatic rings. The van der Waals surface area contributed by atoms with E-state index in [9.17, 15) is 18.0 Å². The first-order chi connectivity index (χ1) is 11.3. The van der Waals surface area contributed by atoms with E-state index in [0.717, 1.165) is 6.42 Å². The van der Waals surface area contributed by atoms with Crippen molar-refractivity contribution < 1.29 is 26.9 Å². The van der Waals surface area contributed by atoms with Crippen LogP contribution >= 0.6 is 0 Å². The summed E-state index contributed by atoms with van der Waals surface area (Å²) in [6.07, 6.45) is 0.847. The lowest BCUT2D eigenvalue weighted by atomic mass is 9.94. The van der Waals surface area contributed by atoms with Gasteiger partial charge in [0.25, 0.3) is 10.1 Å². The molecule has 3 fully saturated rings. The van der Waals surface area contributed by atoms with E-state index in [1.54, 1.807) is 6.92 Å². The molecule has 2 saturated carbocycles. The molecule has 0 aromatic heterocycles. The lowest BCUT2D eigenvalue weighted by Crippen LogP contribution is -2.40. The molecular weight excluding hydrogens is 336 g/mol. The first-order valence-electron chi connectivity index (χ1n) is 8.03. The second-order valence-corrected chi connectivity index (χ2v) is 8.42. The van der Waals surface area contributed by atoms with Crippen LogP contribution in [0.3, 0.4) is 0 Å². The summed E-state index contributed by atoms with van der Waals surface area (Å²) in [7, 11) is -3.43. The molecule has 5 unspecified atom stereocenters. The maximum Gasteiger partial charge on any atom is 0.270 e. The van der Waals surface area contributed by atoms with Crippen LogP contribution in [0.2, 0.25) is 0 Å². The van der Waals surface area contributed by atoms with Crippen molar-refractivity contribution in [2.75, 3.05) is 19.7 Å². The highest BCUT2D eigenvalue weighted by Crippen LogP contribution is 2.55. The Morgan fingerprint density at radius 3 is 2.75 bits per heavy atom. The number of amides is 2. The van der Waals surface area contributed by atoms with Crippen LogP contribution in [0.5, 0.6) is 0 Å². The number of carbonyl (C=O) groups excluding carboxylic acids is 2. The zero-order chi connectivity index (χ0) is 17.5. The fourth-order valence-corrected chi connectivity index (χ4v) is 5.75. The molecule has 134 valence electrons. The standard InChI is InChI=1S/C15H22N2O6S/c1-8(2)15(19)17-7-12(18)16-3-4-22-13-9-5-10-11(6-9)24(20,21)23-14(10)13/h9-11,13-14H,1,3-7H2,2H3,(H,16,18)(H,17,19). The molecule has 2 amide bonds. The van der Waals surface area contributed by atoms with Crippen molar-refractivity contribution in [3.05, 3.63) is 12.2 Å². The first-order valence-corrected chi connectivity index (χ1v) is 9.51. The third kappa shape index (κ3) is 3.20. The summed E-state index contributed by atoms with van der Waals surface area (Å²) in [5.74, 6) is -0.414. The van der Waals surface area contributed by atoms with Gasteiger partial charge in [0.2, 0.25) is 11.8 Å². The Hall–Kier alpha value is -1.45. The Labute approximate surface area is 141 Å². The first kappa shape index (κ1) is 17.4. The summed E-state index contributed by atoms with van der Waals surface area (Å²) < 4.78 is 34.7. The van der Waals surface area contributed by atoms with E-state index < -0.39 is 10.1 Å². The van der Waals surface area contributed by atoms with Crippen LogP contribution in [0.15, 0.2) is 12.2 Å². The molecule has 1 saturated heterocycles. The van der Waals surface area contributed by atoms with Crippen LogP contribution in [0, 0.1) is 11.8 Å². The van der Waals surface area contributed by atoms with Gasteiger partial charge in [-0.3, -0.25) is 13.8 Å². The highest BCUT2D eigenvalue weighted by molar-refractivity contribution is 7.87. The van der Waals surface area contributed by atoms with E-state index in [-0.39, 0.29) is 54.3 Å². The van der Waals surface area contributed by atoms with E-state index in [0.29, 0.717) is 18.5 Å². The van der Waals surface area contributed by atoms with Gasteiger partial charge in [0.05, 0.1) is 24.5 Å². The molecule has 1 heterocycles. The molecule has 8 nitrogen and oxygen atoms in total. The minimum atomic E-state index is -3.43. The average molecular weight is 358 g/mol. The van der Waals surface area contributed by atoms with E-state index in [4.69, 9.17) is 8.92 Å². The fourth-order valence-electron chi connectivity index (χ4n) is 3.87. The van der Waals surface area contributed by atoms with Crippen LogP contribution < -0.4 is 10.6 Å². The molecule has 9 heteroatoms. The summed E-state index contributed by atoms with van der Waals surface area (Å²) in [6.45, 7) is 5.49. The van der Waals surface area contributed by atoms with Crippen LogP contribution in [-0.2, 0) is 28.6 Å². The lowest BCUT2D eigenvalue weighted by molar-refractivity contribution is -0.124. The zero-order valence-corrected chi connectivity index (χ0v) is 14.3. The molecule has 24 heavy (non-hydrogen) atoms. The Balaban J connectivity index is 1.37. The summed E-state index contributed by atoms with van der Waals surface area (Å²) in [4.78, 5) is 22.9. The van der Waals surface area contributed by atoms with Gasteiger partial charge in [-0.15, -0.1) is 0 Å². The van der Waals surface area contributed by atoms with Crippen LogP contribution in [0.25, 0.3) is 0 Å². The molecule has 0 aromatic carbocycles. The number of rotatable bonds is 7. The highest BCUT2D eigenvalue weighted by Gasteiger charge is 2.64. The van der Waals surface area contributed by atoms with Crippen molar-refractivity contribution in [2.45, 2.75) is 37.2 Å². The Morgan fingerprint density at radius 2 is 2.04 bits per heavy atom. The molecule has 5 atom stereocenters. The summed E-state index contributed by atoms with van der Waals surface area (Å²) >= 11 is 0. The molecule has 0 spiro atoms. The summed E-state index contributed by atoms with van der Waals surface area (Å²) in [5.41, 5.74) is 0.340. The van der Waals surface area contributed by atoms with Gasteiger partial charge < -0.3 is 15.4 Å². The van der Waals surface area contributed by atoms with Crippen molar-refractivity contribution in [1.82, 2.24) is 10.6 Å². The lowest BCUT2D eigenvalue weighted by Gasteiger charge is -2.25. The van der Waals surface area contributed by atoms with Gasteiger partial charge in [-0.1, -0.05) is 6.58 Å². The number of ether oxygens (including phenoxy) is 1. The van der Waals surface area contributed by atoms with E-state index in [1.165, 1.54) is 0 Å². The third-order valence-corrected chi connectivity index (χ3v) is 6.72. The topological polar surface area (TPSA) is 111 Å². The van der Waals surface area contributed by atoms with Gasteiger partial charge in [0.1, 0.15) is 6.10 Å². The summed E-state index contributed by atoms with van der Waals surface area (Å²) in [6, 6.07) is 0. The van der Waals surface area contributed by atoms with Gasteiger partial charge in [-0.2, -0.15) is 8.42 Å². The third-order valence-electron chi connectivity index (χ3n) is 4.95.